The molecule has 0 aromatic rings. The van der Waals surface area contributed by atoms with Gasteiger partial charge in [0.05, 0.1) is 6.61 Å². The molecule has 0 aromatic heterocycles. The van der Waals surface area contributed by atoms with E-state index in [4.69, 9.17) is 4.74 Å². The van der Waals surface area contributed by atoms with Gasteiger partial charge in [-0.1, -0.05) is 0 Å². The molecular weight excluding hydrogens is 208 g/mol. The Kier molecular flexibility index (Phi) is 11.3. The Hall–Kier alpha value is 0.130. The fourth-order valence-electron chi connectivity index (χ4n) is 0.938. The van der Waals surface area contributed by atoms with Gasteiger partial charge < -0.3 is 10.1 Å². The molecule has 0 saturated carbocycles. The predicted molar refractivity (Wildman–Crippen MR) is 57.3 cm³/mol. The summed E-state index contributed by atoms with van der Waals surface area (Å²) >= 11 is 1.84. The average molecular weight is 227 g/mol. The van der Waals surface area contributed by atoms with Gasteiger partial charge in [-0.25, -0.2) is 8.78 Å². The van der Waals surface area contributed by atoms with Gasteiger partial charge in [0.15, 0.2) is 0 Å². The molecule has 0 saturated heterocycles. The minimum atomic E-state index is -2.35. The van der Waals surface area contributed by atoms with Crippen molar-refractivity contribution in [1.82, 2.24) is 5.32 Å². The van der Waals surface area contributed by atoms with Crippen molar-refractivity contribution in [2.45, 2.75) is 19.3 Å². The molecule has 1 N–H and O–H groups in total. The molecule has 0 aliphatic heterocycles. The van der Waals surface area contributed by atoms with Crippen LogP contribution in [0.25, 0.3) is 0 Å². The summed E-state index contributed by atoms with van der Waals surface area (Å²) in [4.78, 5) is 0. The zero-order valence-corrected chi connectivity index (χ0v) is 9.42. The zero-order chi connectivity index (χ0) is 10.6. The molecule has 86 valence electrons. The van der Waals surface area contributed by atoms with E-state index in [0.29, 0.717) is 13.2 Å². The molecule has 14 heavy (non-hydrogen) atoms. The van der Waals surface area contributed by atoms with Crippen molar-refractivity contribution in [3.63, 3.8) is 0 Å². The standard InChI is InChI=1S/C9H19F2NOS/c1-14-7-3-2-4-12-5-6-13-8-9(10)11/h9,12H,2-8H2,1H3. The van der Waals surface area contributed by atoms with Gasteiger partial charge >= 0.3 is 0 Å². The second kappa shape index (κ2) is 11.2. The Bertz CT molecular complexity index is 117. The van der Waals surface area contributed by atoms with Crippen molar-refractivity contribution in [2.24, 2.45) is 0 Å². The molecule has 0 aliphatic rings. The predicted octanol–water partition coefficient (Wildman–Crippen LogP) is 2.00. The lowest BCUT2D eigenvalue weighted by molar-refractivity contribution is 0.0188. The van der Waals surface area contributed by atoms with Crippen LogP contribution in [0.2, 0.25) is 0 Å². The number of halogens is 2. The third kappa shape index (κ3) is 12.1. The minimum absolute atomic E-state index is 0.368. The van der Waals surface area contributed by atoms with Crippen LogP contribution < -0.4 is 5.32 Å². The summed E-state index contributed by atoms with van der Waals surface area (Å²) in [7, 11) is 0. The average Bonchev–Trinajstić information content (AvgIpc) is 2.15. The molecule has 0 aliphatic carbocycles. The highest BCUT2D eigenvalue weighted by Crippen LogP contribution is 1.97. The molecule has 0 atom stereocenters. The van der Waals surface area contributed by atoms with Crippen LogP contribution >= 0.6 is 11.8 Å². The van der Waals surface area contributed by atoms with E-state index in [2.05, 4.69) is 11.6 Å². The number of thioether (sulfide) groups is 1. The van der Waals surface area contributed by atoms with E-state index in [1.54, 1.807) is 0 Å². The van der Waals surface area contributed by atoms with Gasteiger partial charge in [0, 0.05) is 6.54 Å². The summed E-state index contributed by atoms with van der Waals surface area (Å²) in [5, 5.41) is 3.14. The van der Waals surface area contributed by atoms with E-state index in [9.17, 15) is 8.78 Å². The normalized spacial score (nSPS) is 11.1. The van der Waals surface area contributed by atoms with E-state index >= 15 is 0 Å². The van der Waals surface area contributed by atoms with Crippen molar-refractivity contribution in [3.05, 3.63) is 0 Å². The Morgan fingerprint density at radius 2 is 2.07 bits per heavy atom. The van der Waals surface area contributed by atoms with Gasteiger partial charge in [0.25, 0.3) is 6.43 Å². The maximum atomic E-state index is 11.6. The third-order valence-corrected chi connectivity index (χ3v) is 2.32. The summed E-state index contributed by atoms with van der Waals surface area (Å²) in [5.41, 5.74) is 0. The van der Waals surface area contributed by atoms with Gasteiger partial charge in [-0.15, -0.1) is 0 Å². The van der Waals surface area contributed by atoms with Crippen LogP contribution in [-0.2, 0) is 4.74 Å². The van der Waals surface area contributed by atoms with E-state index < -0.39 is 13.0 Å². The zero-order valence-electron chi connectivity index (χ0n) is 8.60. The summed E-state index contributed by atoms with van der Waals surface area (Å²) in [5.74, 6) is 1.18. The number of rotatable bonds is 10. The lowest BCUT2D eigenvalue weighted by Crippen LogP contribution is -2.22. The van der Waals surface area contributed by atoms with Crippen LogP contribution in [-0.4, -0.2) is 44.7 Å². The highest BCUT2D eigenvalue weighted by atomic mass is 32.2. The molecule has 0 rings (SSSR count). The Labute approximate surface area is 88.8 Å². The molecule has 0 aromatic carbocycles. The van der Waals surface area contributed by atoms with Crippen LogP contribution in [0.4, 0.5) is 8.78 Å². The number of alkyl halides is 2. The number of hydrogen-bond donors (Lipinski definition) is 1. The van der Waals surface area contributed by atoms with Gasteiger partial charge in [0.2, 0.25) is 0 Å². The quantitative estimate of drug-likeness (QED) is 0.577. The Balaban J connectivity index is 2.85. The van der Waals surface area contributed by atoms with Gasteiger partial charge in [-0.05, 0) is 31.4 Å². The van der Waals surface area contributed by atoms with Crippen molar-refractivity contribution >= 4 is 11.8 Å². The second-order valence-corrected chi connectivity index (χ2v) is 3.90. The van der Waals surface area contributed by atoms with Gasteiger partial charge in [-0.3, -0.25) is 0 Å². The molecule has 2 nitrogen and oxygen atoms in total. The first-order valence-corrected chi connectivity index (χ1v) is 6.22. The number of nitrogens with one attached hydrogen (secondary N) is 1. The van der Waals surface area contributed by atoms with Crippen molar-refractivity contribution < 1.29 is 13.5 Å². The molecule has 0 fully saturated rings. The van der Waals surface area contributed by atoms with Crippen LogP contribution in [0.3, 0.4) is 0 Å². The number of ether oxygens (including phenoxy) is 1. The van der Waals surface area contributed by atoms with E-state index in [0.717, 1.165) is 13.0 Å². The maximum Gasteiger partial charge on any atom is 0.261 e. The topological polar surface area (TPSA) is 21.3 Å². The monoisotopic (exact) mass is 227 g/mol. The molecule has 0 spiro atoms. The molecule has 0 amide bonds. The van der Waals surface area contributed by atoms with Crippen molar-refractivity contribution in [3.8, 4) is 0 Å². The molecule has 0 heterocycles. The fraction of sp³-hybridized carbons (Fsp3) is 1.00. The van der Waals surface area contributed by atoms with Crippen LogP contribution in [0, 0.1) is 0 Å². The summed E-state index contributed by atoms with van der Waals surface area (Å²) in [6.07, 6.45) is 2.07. The highest BCUT2D eigenvalue weighted by molar-refractivity contribution is 7.98. The lowest BCUT2D eigenvalue weighted by Gasteiger charge is -2.05. The van der Waals surface area contributed by atoms with Crippen LogP contribution in [0.5, 0.6) is 0 Å². The molecular formula is C9H19F2NOS. The van der Waals surface area contributed by atoms with Crippen LogP contribution in [0.15, 0.2) is 0 Å². The third-order valence-electron chi connectivity index (χ3n) is 1.62. The summed E-state index contributed by atoms with van der Waals surface area (Å²) in [6.45, 7) is 1.52. The Morgan fingerprint density at radius 3 is 2.71 bits per heavy atom. The first kappa shape index (κ1) is 14.1. The van der Waals surface area contributed by atoms with E-state index in [1.807, 2.05) is 11.8 Å². The van der Waals surface area contributed by atoms with E-state index in [1.165, 1.54) is 12.2 Å². The number of hydrogen-bond acceptors (Lipinski definition) is 3. The fourth-order valence-corrected chi connectivity index (χ4v) is 1.43. The first-order valence-electron chi connectivity index (χ1n) is 4.83. The highest BCUT2D eigenvalue weighted by Gasteiger charge is 2.00. The van der Waals surface area contributed by atoms with Crippen molar-refractivity contribution in [2.75, 3.05) is 38.3 Å². The summed E-state index contributed by atoms with van der Waals surface area (Å²) in [6, 6.07) is 0. The van der Waals surface area contributed by atoms with Crippen LogP contribution in [0.1, 0.15) is 12.8 Å². The largest absolute Gasteiger partial charge is 0.374 e. The minimum Gasteiger partial charge on any atom is -0.374 e. The first-order chi connectivity index (χ1) is 6.77. The molecule has 0 unspecified atom stereocenters. The maximum absolute atomic E-state index is 11.6. The van der Waals surface area contributed by atoms with Crippen molar-refractivity contribution in [1.29, 1.82) is 0 Å². The molecule has 5 heteroatoms. The molecule has 0 radical (unpaired) electrons. The van der Waals surface area contributed by atoms with Gasteiger partial charge in [0.1, 0.15) is 6.61 Å². The van der Waals surface area contributed by atoms with E-state index in [-0.39, 0.29) is 0 Å². The lowest BCUT2D eigenvalue weighted by atomic mass is 10.3. The van der Waals surface area contributed by atoms with Gasteiger partial charge in [-0.2, -0.15) is 11.8 Å². The summed E-state index contributed by atoms with van der Waals surface area (Å²) < 4.78 is 27.9. The SMILES string of the molecule is CSCCCCNCCOCC(F)F. The smallest absolute Gasteiger partial charge is 0.261 e. The number of unbranched alkanes of at least 4 members (excludes halogenated alkanes) is 1. The molecule has 0 bridgehead atoms. The Morgan fingerprint density at radius 1 is 1.29 bits per heavy atom. The second-order valence-electron chi connectivity index (χ2n) is 2.92.